The van der Waals surface area contributed by atoms with Gasteiger partial charge in [0.1, 0.15) is 0 Å². The zero-order valence-corrected chi connectivity index (χ0v) is 7.14. The summed E-state index contributed by atoms with van der Waals surface area (Å²) in [6.07, 6.45) is 6.12. The average molecular weight is 138 g/mol. The van der Waals surface area contributed by atoms with E-state index >= 15 is 0 Å². The van der Waals surface area contributed by atoms with Crippen LogP contribution in [0, 0.1) is 23.7 Å². The van der Waals surface area contributed by atoms with E-state index in [1.807, 2.05) is 0 Å². The molecule has 0 amide bonds. The predicted molar refractivity (Wildman–Crippen MR) is 43.8 cm³/mol. The summed E-state index contributed by atoms with van der Waals surface area (Å²) in [6, 6.07) is 0. The van der Waals surface area contributed by atoms with Crippen molar-refractivity contribution in [2.75, 3.05) is 0 Å². The van der Waals surface area contributed by atoms with Gasteiger partial charge >= 0.3 is 0 Å². The van der Waals surface area contributed by atoms with E-state index < -0.39 is 0 Å². The molecule has 2 fully saturated rings. The van der Waals surface area contributed by atoms with Crippen molar-refractivity contribution in [2.45, 2.75) is 39.5 Å². The van der Waals surface area contributed by atoms with Crippen LogP contribution in [0.1, 0.15) is 39.5 Å². The fourth-order valence-corrected chi connectivity index (χ4v) is 2.81. The van der Waals surface area contributed by atoms with E-state index in [-0.39, 0.29) is 0 Å². The molecule has 0 heterocycles. The minimum absolute atomic E-state index is 1.02. The van der Waals surface area contributed by atoms with Crippen molar-refractivity contribution < 1.29 is 0 Å². The summed E-state index contributed by atoms with van der Waals surface area (Å²) >= 11 is 0. The molecular formula is C10H18. The van der Waals surface area contributed by atoms with Gasteiger partial charge in [-0.05, 0) is 42.9 Å². The van der Waals surface area contributed by atoms with Crippen LogP contribution in [0.5, 0.6) is 0 Å². The lowest BCUT2D eigenvalue weighted by molar-refractivity contribution is 0.0269. The van der Waals surface area contributed by atoms with Crippen molar-refractivity contribution in [3.05, 3.63) is 0 Å². The summed E-state index contributed by atoms with van der Waals surface area (Å²) in [5, 5.41) is 0. The smallest absolute Gasteiger partial charge is 0.0357 e. The summed E-state index contributed by atoms with van der Waals surface area (Å²) in [7, 11) is 0. The minimum atomic E-state index is 1.02. The molecule has 2 rings (SSSR count). The fourth-order valence-electron chi connectivity index (χ4n) is 2.81. The maximum absolute atomic E-state index is 2.46. The van der Waals surface area contributed by atoms with Gasteiger partial charge < -0.3 is 0 Å². The second-order valence-electron chi connectivity index (χ2n) is 4.42. The molecule has 10 heavy (non-hydrogen) atoms. The third kappa shape index (κ3) is 0.810. The summed E-state index contributed by atoms with van der Waals surface area (Å²) in [5.74, 6) is 4.32. The Bertz CT molecular complexity index is 122. The van der Waals surface area contributed by atoms with Gasteiger partial charge in [-0.3, -0.25) is 0 Å². The lowest BCUT2D eigenvalue weighted by Gasteiger charge is -2.47. The number of hydrogen-bond donors (Lipinski definition) is 0. The number of fused-ring (bicyclic) bond motifs is 1. The summed E-state index contributed by atoms with van der Waals surface area (Å²) < 4.78 is 0. The highest BCUT2D eigenvalue weighted by atomic mass is 14.4. The first-order valence-electron chi connectivity index (χ1n) is 4.79. The Kier molecular flexibility index (Phi) is 1.51. The molecule has 0 aliphatic heterocycles. The molecule has 58 valence electrons. The largest absolute Gasteiger partial charge is 0.0622 e. The predicted octanol–water partition coefficient (Wildman–Crippen LogP) is 3.08. The van der Waals surface area contributed by atoms with Crippen molar-refractivity contribution >= 4 is 0 Å². The molecule has 0 N–H and O–H groups in total. The van der Waals surface area contributed by atoms with Crippen molar-refractivity contribution in [2.24, 2.45) is 23.7 Å². The van der Waals surface area contributed by atoms with Crippen LogP contribution in [0.3, 0.4) is 0 Å². The Labute approximate surface area is 64.0 Å². The lowest BCUT2D eigenvalue weighted by atomic mass is 9.58. The molecule has 2 aliphatic rings. The Balaban J connectivity index is 2.01. The molecule has 0 spiro atoms. The monoisotopic (exact) mass is 138 g/mol. The van der Waals surface area contributed by atoms with Crippen LogP contribution >= 0.6 is 0 Å². The van der Waals surface area contributed by atoms with E-state index in [1.165, 1.54) is 19.3 Å². The van der Waals surface area contributed by atoms with E-state index in [0.717, 1.165) is 23.7 Å². The molecule has 0 aromatic heterocycles. The highest BCUT2D eigenvalue weighted by Crippen LogP contribution is 2.49. The van der Waals surface area contributed by atoms with Crippen LogP contribution in [-0.2, 0) is 0 Å². The first kappa shape index (κ1) is 6.69. The van der Waals surface area contributed by atoms with Crippen LogP contribution < -0.4 is 0 Å². The molecule has 4 unspecified atom stereocenters. The standard InChI is InChI=1S/C10H18/c1-7-3-4-9-5-6-10(9)8(7)2/h7-10H,3-6H2,1-2H3. The molecule has 0 nitrogen and oxygen atoms in total. The Morgan fingerprint density at radius 3 is 2.10 bits per heavy atom. The minimum Gasteiger partial charge on any atom is -0.0622 e. The summed E-state index contributed by atoms with van der Waals surface area (Å²) in [5.41, 5.74) is 0. The molecular weight excluding hydrogens is 120 g/mol. The number of hydrogen-bond acceptors (Lipinski definition) is 0. The SMILES string of the molecule is CC1CCC2CCC2C1C. The second-order valence-corrected chi connectivity index (χ2v) is 4.42. The van der Waals surface area contributed by atoms with Gasteiger partial charge in [0.05, 0.1) is 0 Å². The van der Waals surface area contributed by atoms with Crippen molar-refractivity contribution in [1.29, 1.82) is 0 Å². The number of rotatable bonds is 0. The average Bonchev–Trinajstić information content (AvgIpc) is 1.82. The highest BCUT2D eigenvalue weighted by Gasteiger charge is 2.40. The van der Waals surface area contributed by atoms with Gasteiger partial charge in [-0.25, -0.2) is 0 Å². The Morgan fingerprint density at radius 1 is 0.900 bits per heavy atom. The van der Waals surface area contributed by atoms with Gasteiger partial charge in [0.15, 0.2) is 0 Å². The Morgan fingerprint density at radius 2 is 1.60 bits per heavy atom. The molecule has 2 aliphatic carbocycles. The molecule has 0 radical (unpaired) electrons. The van der Waals surface area contributed by atoms with Gasteiger partial charge in [0.25, 0.3) is 0 Å². The van der Waals surface area contributed by atoms with Crippen LogP contribution in [0.4, 0.5) is 0 Å². The summed E-state index contributed by atoms with van der Waals surface area (Å²) in [4.78, 5) is 0. The van der Waals surface area contributed by atoms with Crippen LogP contribution in [-0.4, -0.2) is 0 Å². The highest BCUT2D eigenvalue weighted by molar-refractivity contribution is 4.90. The molecule has 0 bridgehead atoms. The molecule has 0 aromatic carbocycles. The van der Waals surface area contributed by atoms with Crippen LogP contribution in [0.15, 0.2) is 0 Å². The first-order valence-corrected chi connectivity index (χ1v) is 4.79. The maximum Gasteiger partial charge on any atom is -0.0357 e. The maximum atomic E-state index is 2.46. The van der Waals surface area contributed by atoms with Gasteiger partial charge in [-0.15, -0.1) is 0 Å². The molecule has 2 saturated carbocycles. The van der Waals surface area contributed by atoms with Gasteiger partial charge in [-0.1, -0.05) is 20.3 Å². The van der Waals surface area contributed by atoms with Crippen LogP contribution in [0.25, 0.3) is 0 Å². The quantitative estimate of drug-likeness (QED) is 0.482. The van der Waals surface area contributed by atoms with Crippen molar-refractivity contribution in [1.82, 2.24) is 0 Å². The van der Waals surface area contributed by atoms with Crippen molar-refractivity contribution in [3.63, 3.8) is 0 Å². The third-order valence-corrected chi connectivity index (χ3v) is 4.04. The van der Waals surface area contributed by atoms with E-state index in [2.05, 4.69) is 13.8 Å². The molecule has 0 heteroatoms. The van der Waals surface area contributed by atoms with Gasteiger partial charge in [0, 0.05) is 0 Å². The summed E-state index contributed by atoms with van der Waals surface area (Å²) in [6.45, 7) is 4.89. The van der Waals surface area contributed by atoms with E-state index in [9.17, 15) is 0 Å². The van der Waals surface area contributed by atoms with E-state index in [0.29, 0.717) is 0 Å². The van der Waals surface area contributed by atoms with Gasteiger partial charge in [-0.2, -0.15) is 0 Å². The first-order chi connectivity index (χ1) is 4.79. The second kappa shape index (κ2) is 2.25. The molecule has 0 aromatic rings. The van der Waals surface area contributed by atoms with E-state index in [4.69, 9.17) is 0 Å². The van der Waals surface area contributed by atoms with Gasteiger partial charge in [0.2, 0.25) is 0 Å². The topological polar surface area (TPSA) is 0 Å². The van der Waals surface area contributed by atoms with Crippen molar-refractivity contribution in [3.8, 4) is 0 Å². The molecule has 0 saturated heterocycles. The Hall–Kier alpha value is 0. The lowest BCUT2D eigenvalue weighted by Crippen LogP contribution is -2.38. The normalized spacial score (nSPS) is 53.4. The fraction of sp³-hybridized carbons (Fsp3) is 1.00. The molecule has 4 atom stereocenters. The van der Waals surface area contributed by atoms with E-state index in [1.54, 1.807) is 6.42 Å². The zero-order valence-electron chi connectivity index (χ0n) is 7.14. The zero-order chi connectivity index (χ0) is 7.14. The van der Waals surface area contributed by atoms with Crippen LogP contribution in [0.2, 0.25) is 0 Å². The third-order valence-electron chi connectivity index (χ3n) is 4.04.